The van der Waals surface area contributed by atoms with Crippen LogP contribution >= 0.6 is 0 Å². The third-order valence-corrected chi connectivity index (χ3v) is 3.44. The van der Waals surface area contributed by atoms with Crippen molar-refractivity contribution in [2.24, 2.45) is 0 Å². The van der Waals surface area contributed by atoms with E-state index in [1.807, 2.05) is 0 Å². The van der Waals surface area contributed by atoms with Crippen molar-refractivity contribution in [3.05, 3.63) is 33.2 Å². The van der Waals surface area contributed by atoms with E-state index in [9.17, 15) is 15.0 Å². The van der Waals surface area contributed by atoms with Gasteiger partial charge in [0.25, 0.3) is 0 Å². The van der Waals surface area contributed by atoms with E-state index in [1.165, 1.54) is 6.07 Å². The van der Waals surface area contributed by atoms with Crippen LogP contribution in [0.25, 0.3) is 11.0 Å². The summed E-state index contributed by atoms with van der Waals surface area (Å²) in [5, 5.41) is 20.1. The Balaban J connectivity index is 2.58. The second-order valence-electron chi connectivity index (χ2n) is 4.44. The van der Waals surface area contributed by atoms with Gasteiger partial charge in [-0.3, -0.25) is 0 Å². The third-order valence-electron chi connectivity index (χ3n) is 3.44. The molecule has 0 saturated carbocycles. The van der Waals surface area contributed by atoms with Gasteiger partial charge < -0.3 is 14.6 Å². The van der Waals surface area contributed by atoms with Crippen molar-refractivity contribution >= 4 is 11.0 Å². The Morgan fingerprint density at radius 2 is 1.88 bits per heavy atom. The molecule has 4 heteroatoms. The van der Waals surface area contributed by atoms with Crippen molar-refractivity contribution in [3.63, 3.8) is 0 Å². The third kappa shape index (κ3) is 1.27. The number of phenolic OH excluding ortho intramolecular Hbond substituents is 2. The number of hydrogen-bond acceptors (Lipinski definition) is 4. The zero-order valence-electron chi connectivity index (χ0n) is 9.41. The standard InChI is InChI=1S/C13H12O4/c1-6-9(14)5-10(15)11-7-3-2-4-8(7)13(16)17-12(6)11/h5,14-15H,2-4H2,1H3. The molecule has 0 amide bonds. The quantitative estimate of drug-likeness (QED) is 0.681. The van der Waals surface area contributed by atoms with Gasteiger partial charge in [0.15, 0.2) is 0 Å². The summed E-state index contributed by atoms with van der Waals surface area (Å²) in [5.74, 6) is -0.0823. The predicted octanol–water partition coefficient (Wildman–Crippen LogP) is 2.00. The van der Waals surface area contributed by atoms with Gasteiger partial charge in [0.2, 0.25) is 0 Å². The van der Waals surface area contributed by atoms with Gasteiger partial charge in [-0.25, -0.2) is 4.79 Å². The first-order chi connectivity index (χ1) is 8.09. The lowest BCUT2D eigenvalue weighted by Gasteiger charge is -2.09. The number of benzene rings is 1. The molecular weight excluding hydrogens is 220 g/mol. The molecule has 1 heterocycles. The molecule has 1 aromatic carbocycles. The van der Waals surface area contributed by atoms with E-state index < -0.39 is 0 Å². The van der Waals surface area contributed by atoms with Crippen molar-refractivity contribution in [1.82, 2.24) is 0 Å². The van der Waals surface area contributed by atoms with Crippen LogP contribution in [0.4, 0.5) is 0 Å². The summed E-state index contributed by atoms with van der Waals surface area (Å²) in [6.45, 7) is 1.67. The molecule has 1 aromatic heterocycles. The molecule has 0 atom stereocenters. The monoisotopic (exact) mass is 232 g/mol. The summed E-state index contributed by atoms with van der Waals surface area (Å²) >= 11 is 0. The fraction of sp³-hybridized carbons (Fsp3) is 0.308. The Hall–Kier alpha value is -1.97. The Bertz CT molecular complexity index is 682. The molecule has 1 aliphatic rings. The lowest BCUT2D eigenvalue weighted by atomic mass is 10.0. The van der Waals surface area contributed by atoms with E-state index in [-0.39, 0.29) is 17.1 Å². The highest BCUT2D eigenvalue weighted by Gasteiger charge is 2.23. The van der Waals surface area contributed by atoms with Gasteiger partial charge in [0.1, 0.15) is 17.1 Å². The molecule has 88 valence electrons. The Morgan fingerprint density at radius 3 is 2.65 bits per heavy atom. The second-order valence-corrected chi connectivity index (χ2v) is 4.44. The molecule has 0 unspecified atom stereocenters. The van der Waals surface area contributed by atoms with Gasteiger partial charge in [-0.1, -0.05) is 0 Å². The SMILES string of the molecule is Cc1c(O)cc(O)c2c3c(c(=O)oc12)CCC3. The highest BCUT2D eigenvalue weighted by atomic mass is 16.4. The summed E-state index contributed by atoms with van der Waals surface area (Å²) in [4.78, 5) is 11.8. The van der Waals surface area contributed by atoms with E-state index in [4.69, 9.17) is 4.42 Å². The van der Waals surface area contributed by atoms with Crippen LogP contribution in [0.2, 0.25) is 0 Å². The molecule has 2 aromatic rings. The van der Waals surface area contributed by atoms with Gasteiger partial charge in [0.05, 0.1) is 5.39 Å². The minimum atomic E-state index is -0.349. The lowest BCUT2D eigenvalue weighted by Crippen LogP contribution is -2.07. The minimum absolute atomic E-state index is 0.0231. The molecule has 0 spiro atoms. The number of phenols is 2. The number of aromatic hydroxyl groups is 2. The first-order valence-electron chi connectivity index (χ1n) is 5.59. The largest absolute Gasteiger partial charge is 0.507 e. The van der Waals surface area contributed by atoms with Gasteiger partial charge in [-0.15, -0.1) is 0 Å². The fourth-order valence-electron chi connectivity index (χ4n) is 2.55. The summed E-state index contributed by atoms with van der Waals surface area (Å²) in [6.07, 6.45) is 2.38. The van der Waals surface area contributed by atoms with Crippen LogP contribution in [0.15, 0.2) is 15.3 Å². The van der Waals surface area contributed by atoms with Crippen LogP contribution in [-0.4, -0.2) is 10.2 Å². The number of rotatable bonds is 0. The van der Waals surface area contributed by atoms with Crippen molar-refractivity contribution in [3.8, 4) is 11.5 Å². The molecule has 0 aliphatic heterocycles. The summed E-state index contributed by atoms with van der Waals surface area (Å²) in [6, 6.07) is 1.30. The molecule has 17 heavy (non-hydrogen) atoms. The van der Waals surface area contributed by atoms with Gasteiger partial charge in [0, 0.05) is 17.2 Å². The van der Waals surface area contributed by atoms with Crippen LogP contribution < -0.4 is 5.63 Å². The van der Waals surface area contributed by atoms with E-state index in [2.05, 4.69) is 0 Å². The number of hydrogen-bond donors (Lipinski definition) is 2. The van der Waals surface area contributed by atoms with Crippen molar-refractivity contribution in [1.29, 1.82) is 0 Å². The lowest BCUT2D eigenvalue weighted by molar-refractivity contribution is 0.447. The highest BCUT2D eigenvalue weighted by molar-refractivity contribution is 5.91. The maximum Gasteiger partial charge on any atom is 0.339 e. The first kappa shape index (κ1) is 10.2. The molecule has 0 fully saturated rings. The molecule has 0 bridgehead atoms. The minimum Gasteiger partial charge on any atom is -0.507 e. The van der Waals surface area contributed by atoms with Crippen molar-refractivity contribution < 1.29 is 14.6 Å². The van der Waals surface area contributed by atoms with Gasteiger partial charge in [-0.2, -0.15) is 0 Å². The van der Waals surface area contributed by atoms with Crippen LogP contribution in [0, 0.1) is 6.92 Å². The van der Waals surface area contributed by atoms with E-state index in [1.54, 1.807) is 6.92 Å². The van der Waals surface area contributed by atoms with E-state index >= 15 is 0 Å². The zero-order chi connectivity index (χ0) is 12.2. The Morgan fingerprint density at radius 1 is 1.18 bits per heavy atom. The van der Waals surface area contributed by atoms with Crippen LogP contribution in [0.3, 0.4) is 0 Å². The summed E-state index contributed by atoms with van der Waals surface area (Å²) < 4.78 is 5.22. The van der Waals surface area contributed by atoms with Crippen LogP contribution in [-0.2, 0) is 12.8 Å². The number of fused-ring (bicyclic) bond motifs is 3. The van der Waals surface area contributed by atoms with Crippen molar-refractivity contribution in [2.75, 3.05) is 0 Å². The van der Waals surface area contributed by atoms with Crippen molar-refractivity contribution in [2.45, 2.75) is 26.2 Å². The maximum atomic E-state index is 11.8. The molecule has 4 nitrogen and oxygen atoms in total. The highest BCUT2D eigenvalue weighted by Crippen LogP contribution is 2.38. The topological polar surface area (TPSA) is 70.7 Å². The van der Waals surface area contributed by atoms with Gasteiger partial charge in [-0.05, 0) is 31.7 Å². The summed E-state index contributed by atoms with van der Waals surface area (Å²) in [5.41, 5.74) is 1.98. The molecule has 3 rings (SSSR count). The van der Waals surface area contributed by atoms with Crippen LogP contribution in [0.5, 0.6) is 11.5 Å². The normalized spacial score (nSPS) is 14.2. The molecule has 0 radical (unpaired) electrons. The maximum absolute atomic E-state index is 11.8. The zero-order valence-corrected chi connectivity index (χ0v) is 9.41. The predicted molar refractivity (Wildman–Crippen MR) is 62.6 cm³/mol. The average Bonchev–Trinajstić information content (AvgIpc) is 2.75. The average molecular weight is 232 g/mol. The molecule has 2 N–H and O–H groups in total. The second kappa shape index (κ2) is 3.26. The van der Waals surface area contributed by atoms with Crippen LogP contribution in [0.1, 0.15) is 23.1 Å². The molecular formula is C13H12O4. The first-order valence-corrected chi connectivity index (χ1v) is 5.59. The van der Waals surface area contributed by atoms with E-state index in [0.29, 0.717) is 28.5 Å². The summed E-state index contributed by atoms with van der Waals surface area (Å²) in [7, 11) is 0. The van der Waals surface area contributed by atoms with E-state index in [0.717, 1.165) is 18.4 Å². The molecule has 1 aliphatic carbocycles. The molecule has 0 saturated heterocycles. The smallest absolute Gasteiger partial charge is 0.339 e. The Kier molecular flexibility index (Phi) is 1.96. The Labute approximate surface area is 97.1 Å². The number of aryl methyl sites for hydroxylation is 2. The fourth-order valence-corrected chi connectivity index (χ4v) is 2.55. The van der Waals surface area contributed by atoms with Gasteiger partial charge >= 0.3 is 5.63 Å².